The maximum absolute atomic E-state index is 12.3. The highest BCUT2D eigenvalue weighted by Crippen LogP contribution is 2.10. The highest BCUT2D eigenvalue weighted by Gasteiger charge is 2.15. The molecule has 0 saturated heterocycles. The van der Waals surface area contributed by atoms with E-state index >= 15 is 0 Å². The van der Waals surface area contributed by atoms with E-state index in [4.69, 9.17) is 18.0 Å². The summed E-state index contributed by atoms with van der Waals surface area (Å²) in [7, 11) is 0. The van der Waals surface area contributed by atoms with Crippen molar-refractivity contribution in [3.63, 3.8) is 0 Å². The standard InChI is InChI=1S/C13H18N2OS/c1-3-15(9-8-12(14)17)13(16)11-7-5-4-6-10(11)2/h4-7H,3,8-9H2,1-2H3,(H2,14,17). The Morgan fingerprint density at radius 2 is 2.06 bits per heavy atom. The third-order valence-electron chi connectivity index (χ3n) is 2.67. The molecule has 0 aromatic heterocycles. The molecule has 2 N–H and O–H groups in total. The van der Waals surface area contributed by atoms with Crippen molar-refractivity contribution in [2.45, 2.75) is 20.3 Å². The van der Waals surface area contributed by atoms with Crippen LogP contribution < -0.4 is 5.73 Å². The van der Waals surface area contributed by atoms with Gasteiger partial charge in [0.2, 0.25) is 0 Å². The van der Waals surface area contributed by atoms with Crippen LogP contribution in [0.15, 0.2) is 24.3 Å². The summed E-state index contributed by atoms with van der Waals surface area (Å²) in [6.45, 7) is 5.14. The van der Waals surface area contributed by atoms with Crippen LogP contribution in [0.1, 0.15) is 29.3 Å². The molecule has 0 atom stereocenters. The first-order chi connectivity index (χ1) is 8.06. The van der Waals surface area contributed by atoms with Gasteiger partial charge in [-0.05, 0) is 25.5 Å². The maximum Gasteiger partial charge on any atom is 0.254 e. The van der Waals surface area contributed by atoms with Gasteiger partial charge in [-0.15, -0.1) is 0 Å². The van der Waals surface area contributed by atoms with E-state index in [2.05, 4.69) is 0 Å². The van der Waals surface area contributed by atoms with Crippen molar-refractivity contribution < 1.29 is 4.79 Å². The van der Waals surface area contributed by atoms with Crippen molar-refractivity contribution in [2.24, 2.45) is 5.73 Å². The summed E-state index contributed by atoms with van der Waals surface area (Å²) < 4.78 is 0. The van der Waals surface area contributed by atoms with Gasteiger partial charge in [0.1, 0.15) is 0 Å². The summed E-state index contributed by atoms with van der Waals surface area (Å²) in [4.78, 5) is 14.5. The first-order valence-corrected chi connectivity index (χ1v) is 6.10. The molecule has 0 spiro atoms. The lowest BCUT2D eigenvalue weighted by Gasteiger charge is -2.21. The number of nitrogens with two attached hydrogens (primary N) is 1. The zero-order valence-corrected chi connectivity index (χ0v) is 11.1. The fraction of sp³-hybridized carbons (Fsp3) is 0.385. The zero-order valence-electron chi connectivity index (χ0n) is 10.3. The summed E-state index contributed by atoms with van der Waals surface area (Å²) in [6, 6.07) is 7.59. The van der Waals surface area contributed by atoms with Crippen molar-refractivity contribution in [1.82, 2.24) is 4.90 Å². The predicted molar refractivity (Wildman–Crippen MR) is 74.2 cm³/mol. The topological polar surface area (TPSA) is 46.3 Å². The van der Waals surface area contributed by atoms with E-state index in [-0.39, 0.29) is 5.91 Å². The molecule has 0 radical (unpaired) electrons. The molecule has 0 heterocycles. The van der Waals surface area contributed by atoms with Crippen LogP contribution in [-0.2, 0) is 0 Å². The highest BCUT2D eigenvalue weighted by atomic mass is 32.1. The fourth-order valence-corrected chi connectivity index (χ4v) is 1.72. The van der Waals surface area contributed by atoms with E-state index in [9.17, 15) is 4.79 Å². The molecule has 0 bridgehead atoms. The Bertz CT molecular complexity index is 418. The molecule has 3 nitrogen and oxygen atoms in total. The normalized spacial score (nSPS) is 10.0. The van der Waals surface area contributed by atoms with Gasteiger partial charge in [-0.1, -0.05) is 30.4 Å². The third-order valence-corrected chi connectivity index (χ3v) is 2.88. The average Bonchev–Trinajstić information content (AvgIpc) is 2.29. The first-order valence-electron chi connectivity index (χ1n) is 5.69. The monoisotopic (exact) mass is 250 g/mol. The molecule has 0 aliphatic rings. The van der Waals surface area contributed by atoms with E-state index in [1.807, 2.05) is 38.1 Å². The molecule has 1 aromatic carbocycles. The number of hydrogen-bond acceptors (Lipinski definition) is 2. The Labute approximate surface area is 108 Å². The molecule has 17 heavy (non-hydrogen) atoms. The summed E-state index contributed by atoms with van der Waals surface area (Å²) in [6.07, 6.45) is 0.570. The number of aryl methyl sites for hydroxylation is 1. The van der Waals surface area contributed by atoms with Gasteiger partial charge in [0.25, 0.3) is 5.91 Å². The molecule has 1 rings (SSSR count). The molecular formula is C13H18N2OS. The van der Waals surface area contributed by atoms with E-state index in [0.717, 1.165) is 11.1 Å². The number of rotatable bonds is 5. The van der Waals surface area contributed by atoms with E-state index in [0.29, 0.717) is 24.5 Å². The molecule has 0 saturated carbocycles. The molecule has 0 aliphatic carbocycles. The number of carbonyl (C=O) groups excluding carboxylic acids is 1. The number of hydrogen-bond donors (Lipinski definition) is 1. The van der Waals surface area contributed by atoms with Gasteiger partial charge in [0.05, 0.1) is 4.99 Å². The smallest absolute Gasteiger partial charge is 0.254 e. The van der Waals surface area contributed by atoms with Crippen LogP contribution in [0, 0.1) is 6.92 Å². The third kappa shape index (κ3) is 3.82. The van der Waals surface area contributed by atoms with Crippen molar-refractivity contribution >= 4 is 23.1 Å². The van der Waals surface area contributed by atoms with Gasteiger partial charge in [0.15, 0.2) is 0 Å². The Kier molecular flexibility index (Phi) is 5.10. The summed E-state index contributed by atoms with van der Waals surface area (Å²) in [5.74, 6) is 0.0434. The van der Waals surface area contributed by atoms with Crippen molar-refractivity contribution in [2.75, 3.05) is 13.1 Å². The average molecular weight is 250 g/mol. The minimum absolute atomic E-state index is 0.0434. The van der Waals surface area contributed by atoms with Crippen LogP contribution >= 0.6 is 12.2 Å². The molecule has 92 valence electrons. The lowest BCUT2D eigenvalue weighted by Crippen LogP contribution is -2.33. The number of carbonyl (C=O) groups is 1. The summed E-state index contributed by atoms with van der Waals surface area (Å²) in [5.41, 5.74) is 7.20. The van der Waals surface area contributed by atoms with Crippen molar-refractivity contribution in [3.05, 3.63) is 35.4 Å². The second kappa shape index (κ2) is 6.35. The molecule has 4 heteroatoms. The lowest BCUT2D eigenvalue weighted by molar-refractivity contribution is 0.0768. The molecule has 0 fully saturated rings. The SMILES string of the molecule is CCN(CCC(N)=S)C(=O)c1ccccc1C. The van der Waals surface area contributed by atoms with Crippen LogP contribution in [0.3, 0.4) is 0 Å². The molecule has 1 amide bonds. The second-order valence-corrected chi connectivity index (χ2v) is 4.44. The largest absolute Gasteiger partial charge is 0.393 e. The minimum atomic E-state index is 0.0434. The number of thiocarbonyl (C=S) groups is 1. The summed E-state index contributed by atoms with van der Waals surface area (Å²) in [5, 5.41) is 0. The quantitative estimate of drug-likeness (QED) is 0.814. The van der Waals surface area contributed by atoms with Crippen LogP contribution in [0.2, 0.25) is 0 Å². The number of nitrogens with zero attached hydrogens (tertiary/aromatic N) is 1. The van der Waals surface area contributed by atoms with E-state index in [1.165, 1.54) is 0 Å². The molecular weight excluding hydrogens is 232 g/mol. The molecule has 1 aromatic rings. The van der Waals surface area contributed by atoms with E-state index in [1.54, 1.807) is 4.90 Å². The Balaban J connectivity index is 2.79. The number of amides is 1. The van der Waals surface area contributed by atoms with Gasteiger partial charge in [-0.3, -0.25) is 4.79 Å². The minimum Gasteiger partial charge on any atom is -0.393 e. The predicted octanol–water partition coefficient (Wildman–Crippen LogP) is 2.13. The van der Waals surface area contributed by atoms with Gasteiger partial charge in [-0.2, -0.15) is 0 Å². The molecule has 0 aliphatic heterocycles. The van der Waals surface area contributed by atoms with Gasteiger partial charge >= 0.3 is 0 Å². The fourth-order valence-electron chi connectivity index (χ4n) is 1.63. The Morgan fingerprint density at radius 3 is 2.59 bits per heavy atom. The van der Waals surface area contributed by atoms with Crippen LogP contribution in [-0.4, -0.2) is 28.9 Å². The zero-order chi connectivity index (χ0) is 12.8. The first kappa shape index (κ1) is 13.6. The highest BCUT2D eigenvalue weighted by molar-refractivity contribution is 7.80. The lowest BCUT2D eigenvalue weighted by atomic mass is 10.1. The van der Waals surface area contributed by atoms with Crippen molar-refractivity contribution in [3.8, 4) is 0 Å². The number of benzene rings is 1. The van der Waals surface area contributed by atoms with Crippen LogP contribution in [0.4, 0.5) is 0 Å². The van der Waals surface area contributed by atoms with Gasteiger partial charge in [-0.25, -0.2) is 0 Å². The van der Waals surface area contributed by atoms with Gasteiger partial charge < -0.3 is 10.6 Å². The summed E-state index contributed by atoms with van der Waals surface area (Å²) >= 11 is 4.83. The van der Waals surface area contributed by atoms with Crippen molar-refractivity contribution in [1.29, 1.82) is 0 Å². The Morgan fingerprint density at radius 1 is 1.41 bits per heavy atom. The maximum atomic E-state index is 12.3. The second-order valence-electron chi connectivity index (χ2n) is 3.92. The van der Waals surface area contributed by atoms with Crippen LogP contribution in [0.5, 0.6) is 0 Å². The Hall–Kier alpha value is -1.42. The molecule has 0 unspecified atom stereocenters. The van der Waals surface area contributed by atoms with E-state index < -0.39 is 0 Å². The van der Waals surface area contributed by atoms with Gasteiger partial charge in [0, 0.05) is 25.1 Å². The van der Waals surface area contributed by atoms with Crippen LogP contribution in [0.25, 0.3) is 0 Å².